The number of rotatable bonds is 14. The number of carbonyl (C=O) groups is 2. The minimum absolute atomic E-state index is 0.0262. The van der Waals surface area contributed by atoms with Crippen LogP contribution >= 0.6 is 34.5 Å². The van der Waals surface area contributed by atoms with Gasteiger partial charge < -0.3 is 39.7 Å². The fourth-order valence-electron chi connectivity index (χ4n) is 8.55. The number of aliphatic hydroxyl groups excluding tert-OH is 1. The van der Waals surface area contributed by atoms with Crippen LogP contribution in [0.25, 0.3) is 38.5 Å². The van der Waals surface area contributed by atoms with Crippen molar-refractivity contribution in [2.24, 2.45) is 4.99 Å². The van der Waals surface area contributed by atoms with Crippen LogP contribution < -0.4 is 20.1 Å². The molecule has 2 fully saturated rings. The predicted octanol–water partition coefficient (Wildman–Crippen LogP) is 7.06. The molecule has 0 aliphatic carbocycles. The molecule has 5 atom stereocenters. The van der Waals surface area contributed by atoms with Crippen LogP contribution in [-0.4, -0.2) is 110 Å². The molecule has 19 heteroatoms. The molecule has 16 nitrogen and oxygen atoms in total. The third-order valence-electron chi connectivity index (χ3n) is 12.1. The van der Waals surface area contributed by atoms with Crippen molar-refractivity contribution in [1.29, 1.82) is 0 Å². The van der Waals surface area contributed by atoms with Crippen LogP contribution in [0.1, 0.15) is 52.1 Å². The summed E-state index contributed by atoms with van der Waals surface area (Å²) in [6, 6.07) is 24.6. The quantitative estimate of drug-likeness (QED) is 0.0814. The summed E-state index contributed by atoms with van der Waals surface area (Å²) in [7, 11) is 0. The average Bonchev–Trinajstić information content (AvgIpc) is 4.14. The van der Waals surface area contributed by atoms with E-state index in [4.69, 9.17) is 52.1 Å². The monoisotopic (exact) mass is 961 g/mol. The van der Waals surface area contributed by atoms with E-state index in [1.54, 1.807) is 17.4 Å². The number of aromatic nitrogens is 6. The molecule has 2 amide bonds. The molecule has 0 radical (unpaired) electrons. The largest absolute Gasteiger partial charge is 0.492 e. The van der Waals surface area contributed by atoms with E-state index in [0.717, 1.165) is 49.0 Å². The lowest BCUT2D eigenvalue weighted by Crippen LogP contribution is -2.34. The summed E-state index contributed by atoms with van der Waals surface area (Å²) in [5.41, 5.74) is 8.22. The van der Waals surface area contributed by atoms with Gasteiger partial charge in [0.15, 0.2) is 17.6 Å². The van der Waals surface area contributed by atoms with Crippen molar-refractivity contribution in [3.05, 3.63) is 122 Å². The van der Waals surface area contributed by atoms with Gasteiger partial charge in [0.05, 0.1) is 48.1 Å². The fraction of sp³-hybridized carbons (Fsp3) is 0.312. The standard InChI is InChI=1S/C48H45Cl2N9O7S/c1-24-25(2)67-47-40(24)42(30-8-12-31(49)13-9-30)53-35(46-58-57-26(3)59(46)47)21-39(62)51-17-16-38(61)52-18-19-63-32-14-10-28(11-15-32)27-4-6-29(7-5-27)41-33(50)20-34-45(55-41)56-48(54-34)66-37-23-65-43-36(60)22-64-44(37)43/h4-15,20,35-37,43-44,60H,16-19,21-23H2,1-3H3,(H,51,62)(H,52,61)(H,54,55,56)/t35-,36+,37+,43+,44+/m0/s1. The number of thiophene rings is 1. The molecule has 7 heterocycles. The first kappa shape index (κ1) is 44.6. The number of aliphatic hydroxyl groups is 1. The third-order valence-corrected chi connectivity index (χ3v) is 13.8. The van der Waals surface area contributed by atoms with Crippen molar-refractivity contribution in [2.45, 2.75) is 64.1 Å². The van der Waals surface area contributed by atoms with Crippen LogP contribution in [0.15, 0.2) is 83.9 Å². The number of fused-ring (bicyclic) bond motifs is 5. The number of nitrogens with zero attached hydrogens (tertiary/aromatic N) is 6. The van der Waals surface area contributed by atoms with Crippen molar-refractivity contribution < 1.29 is 33.6 Å². The van der Waals surface area contributed by atoms with E-state index in [-0.39, 0.29) is 63.1 Å². The van der Waals surface area contributed by atoms with Gasteiger partial charge in [-0.25, -0.2) is 4.98 Å². The topological polar surface area (TPSA) is 200 Å². The number of aliphatic imine (C=N–C) groups is 1. The number of nitrogens with one attached hydrogen (secondary N) is 3. The van der Waals surface area contributed by atoms with Gasteiger partial charge in [0.25, 0.3) is 6.01 Å². The van der Waals surface area contributed by atoms with Crippen LogP contribution in [0.5, 0.6) is 11.8 Å². The van der Waals surface area contributed by atoms with Gasteiger partial charge in [-0.2, -0.15) is 4.98 Å². The van der Waals surface area contributed by atoms with E-state index < -0.39 is 24.4 Å². The van der Waals surface area contributed by atoms with Crippen LogP contribution in [0.4, 0.5) is 0 Å². The molecule has 344 valence electrons. The minimum atomic E-state index is -0.669. The Balaban J connectivity index is 0.687. The molecule has 67 heavy (non-hydrogen) atoms. The smallest absolute Gasteiger partial charge is 0.296 e. The lowest BCUT2D eigenvalue weighted by Gasteiger charge is -2.15. The molecule has 2 saturated heterocycles. The maximum absolute atomic E-state index is 13.3. The zero-order chi connectivity index (χ0) is 46.3. The van der Waals surface area contributed by atoms with E-state index in [1.165, 1.54) is 0 Å². The van der Waals surface area contributed by atoms with Gasteiger partial charge in [0.1, 0.15) is 47.5 Å². The van der Waals surface area contributed by atoms with Gasteiger partial charge >= 0.3 is 0 Å². The lowest BCUT2D eigenvalue weighted by atomic mass is 9.99. The number of ether oxygens (including phenoxy) is 4. The number of halogens is 2. The Morgan fingerprint density at radius 1 is 0.866 bits per heavy atom. The number of benzene rings is 3. The predicted molar refractivity (Wildman–Crippen MR) is 254 cm³/mol. The van der Waals surface area contributed by atoms with Crippen LogP contribution in [0.3, 0.4) is 0 Å². The molecule has 3 aliphatic heterocycles. The fourth-order valence-corrected chi connectivity index (χ4v) is 10.2. The Morgan fingerprint density at radius 2 is 1.57 bits per heavy atom. The molecule has 0 bridgehead atoms. The van der Waals surface area contributed by atoms with Gasteiger partial charge in [0.2, 0.25) is 11.8 Å². The van der Waals surface area contributed by atoms with Gasteiger partial charge in [-0.15, -0.1) is 21.5 Å². The highest BCUT2D eigenvalue weighted by atomic mass is 35.5. The maximum atomic E-state index is 13.3. The van der Waals surface area contributed by atoms with Crippen molar-refractivity contribution in [2.75, 3.05) is 32.9 Å². The average molecular weight is 963 g/mol. The molecule has 0 saturated carbocycles. The second-order valence-corrected chi connectivity index (χ2v) is 18.6. The van der Waals surface area contributed by atoms with Gasteiger partial charge in [0, 0.05) is 39.6 Å². The van der Waals surface area contributed by atoms with Crippen LogP contribution in [0.2, 0.25) is 10.0 Å². The first-order valence-electron chi connectivity index (χ1n) is 21.8. The first-order valence-corrected chi connectivity index (χ1v) is 23.4. The summed E-state index contributed by atoms with van der Waals surface area (Å²) >= 11 is 14.6. The highest BCUT2D eigenvalue weighted by molar-refractivity contribution is 7.15. The number of amides is 2. The summed E-state index contributed by atoms with van der Waals surface area (Å²) < 4.78 is 25.3. The number of aryl methyl sites for hydroxylation is 2. The Morgan fingerprint density at radius 3 is 2.34 bits per heavy atom. The number of carbonyl (C=O) groups excluding carboxylic acids is 2. The van der Waals surface area contributed by atoms with Crippen LogP contribution in [-0.2, 0) is 19.1 Å². The maximum Gasteiger partial charge on any atom is 0.296 e. The number of pyridine rings is 1. The number of hydrogen-bond donors (Lipinski definition) is 4. The van der Waals surface area contributed by atoms with E-state index in [1.807, 2.05) is 84.3 Å². The lowest BCUT2D eigenvalue weighted by molar-refractivity contribution is -0.122. The molecule has 0 unspecified atom stereocenters. The van der Waals surface area contributed by atoms with Crippen molar-refractivity contribution in [3.8, 4) is 39.1 Å². The van der Waals surface area contributed by atoms with E-state index in [9.17, 15) is 14.7 Å². The zero-order valence-corrected chi connectivity index (χ0v) is 38.9. The summed E-state index contributed by atoms with van der Waals surface area (Å²) in [5, 5.41) is 26.7. The normalized spacial score (nSPS) is 19.6. The van der Waals surface area contributed by atoms with Crippen LogP contribution in [0, 0.1) is 20.8 Å². The molecule has 4 aromatic heterocycles. The molecule has 3 aromatic carbocycles. The van der Waals surface area contributed by atoms with Gasteiger partial charge in [-0.1, -0.05) is 71.7 Å². The molecular weight excluding hydrogens is 918 g/mol. The molecular formula is C48H45Cl2N9O7S. The van der Waals surface area contributed by atoms with E-state index in [0.29, 0.717) is 50.8 Å². The molecule has 10 rings (SSSR count). The first-order chi connectivity index (χ1) is 32.5. The second-order valence-electron chi connectivity index (χ2n) is 16.6. The molecule has 0 spiro atoms. The molecule has 3 aliphatic rings. The van der Waals surface area contributed by atoms with Gasteiger partial charge in [-0.05, 0) is 67.8 Å². The Kier molecular flexibility index (Phi) is 12.5. The summed E-state index contributed by atoms with van der Waals surface area (Å²) in [6.45, 7) is 7.28. The van der Waals surface area contributed by atoms with Crippen molar-refractivity contribution in [3.63, 3.8) is 0 Å². The summed E-state index contributed by atoms with van der Waals surface area (Å²) in [6.07, 6.45) is -1.72. The van der Waals surface area contributed by atoms with E-state index in [2.05, 4.69) is 44.6 Å². The molecule has 4 N–H and O–H groups in total. The van der Waals surface area contributed by atoms with E-state index >= 15 is 0 Å². The van der Waals surface area contributed by atoms with Crippen molar-refractivity contribution in [1.82, 2.24) is 40.3 Å². The van der Waals surface area contributed by atoms with Crippen molar-refractivity contribution >= 4 is 63.2 Å². The Labute approximate surface area is 398 Å². The zero-order valence-electron chi connectivity index (χ0n) is 36.6. The number of aromatic amines is 1. The number of H-pyrrole nitrogens is 1. The SMILES string of the molecule is Cc1sc2c(c1C)C(c1ccc(Cl)cc1)=N[C@@H](CC(=O)NCCC(=O)NCCOc1ccc(-c3ccc(-c4nc5nc(O[C@@H]6CO[C@H]7[C@@H]6OC[C@H]7O)[nH]c5cc4Cl)cc3)cc1)c1nnc(C)n1-2. The third kappa shape index (κ3) is 9.14. The minimum Gasteiger partial charge on any atom is -0.492 e. The Hall–Kier alpha value is -6.21. The number of imidazole rings is 1. The Bertz CT molecular complexity index is 3010. The highest BCUT2D eigenvalue weighted by Gasteiger charge is 2.48. The summed E-state index contributed by atoms with van der Waals surface area (Å²) in [5.74, 6) is 1.50. The highest BCUT2D eigenvalue weighted by Crippen LogP contribution is 2.40. The number of hydrogen-bond acceptors (Lipinski definition) is 13. The molecule has 7 aromatic rings. The summed E-state index contributed by atoms with van der Waals surface area (Å²) in [4.78, 5) is 44.7. The van der Waals surface area contributed by atoms with Gasteiger partial charge in [-0.3, -0.25) is 19.1 Å². The second kappa shape index (κ2) is 18.8.